The molecule has 23 heavy (non-hydrogen) atoms. The van der Waals surface area contributed by atoms with Crippen molar-refractivity contribution in [3.63, 3.8) is 0 Å². The second-order valence-corrected chi connectivity index (χ2v) is 6.32. The zero-order valence-corrected chi connectivity index (χ0v) is 13.4. The maximum atomic E-state index is 5.82. The van der Waals surface area contributed by atoms with Crippen molar-refractivity contribution in [2.75, 3.05) is 19.7 Å². The lowest BCUT2D eigenvalue weighted by atomic mass is 10.2. The van der Waals surface area contributed by atoms with E-state index in [2.05, 4.69) is 25.3 Å². The molecular weight excluding hydrogens is 314 g/mol. The second kappa shape index (κ2) is 6.61. The number of ether oxygens (including phenoxy) is 1. The van der Waals surface area contributed by atoms with E-state index in [4.69, 9.17) is 9.15 Å². The van der Waals surface area contributed by atoms with E-state index in [1.807, 2.05) is 16.8 Å². The van der Waals surface area contributed by atoms with E-state index in [9.17, 15) is 0 Å². The van der Waals surface area contributed by atoms with Crippen LogP contribution in [0.4, 0.5) is 0 Å². The first-order chi connectivity index (χ1) is 11.4. The minimum absolute atomic E-state index is 0.133. The van der Waals surface area contributed by atoms with Crippen LogP contribution >= 0.6 is 11.3 Å². The summed E-state index contributed by atoms with van der Waals surface area (Å²) in [4.78, 5) is 11.0. The first-order valence-electron chi connectivity index (χ1n) is 7.51. The molecule has 1 unspecified atom stereocenters. The van der Waals surface area contributed by atoms with Crippen LogP contribution in [0.5, 0.6) is 0 Å². The van der Waals surface area contributed by atoms with E-state index in [0.29, 0.717) is 0 Å². The standard InChI is InChI=1S/C15H17N5O2S/c1-2-14(22-4-1)15-18-12(9-23-15)6-19-3-5-21-13(7-19)8-20-11-16-10-17-20/h1-2,4,9-11,13H,3,5-8H2. The van der Waals surface area contributed by atoms with Gasteiger partial charge in [-0.1, -0.05) is 0 Å². The lowest BCUT2D eigenvalue weighted by Crippen LogP contribution is -2.43. The van der Waals surface area contributed by atoms with Crippen LogP contribution in [0.2, 0.25) is 0 Å². The highest BCUT2D eigenvalue weighted by Crippen LogP contribution is 2.24. The number of aromatic nitrogens is 4. The van der Waals surface area contributed by atoms with Gasteiger partial charge in [-0.15, -0.1) is 11.3 Å². The van der Waals surface area contributed by atoms with Gasteiger partial charge < -0.3 is 9.15 Å². The number of hydrogen-bond acceptors (Lipinski definition) is 7. The molecule has 0 amide bonds. The first-order valence-corrected chi connectivity index (χ1v) is 8.39. The zero-order valence-electron chi connectivity index (χ0n) is 12.5. The van der Waals surface area contributed by atoms with E-state index in [1.54, 1.807) is 30.3 Å². The molecule has 1 fully saturated rings. The third kappa shape index (κ3) is 3.49. The topological polar surface area (TPSA) is 69.2 Å². The van der Waals surface area contributed by atoms with E-state index in [0.717, 1.165) is 49.2 Å². The molecule has 120 valence electrons. The Morgan fingerprint density at radius 2 is 2.39 bits per heavy atom. The summed E-state index contributed by atoms with van der Waals surface area (Å²) in [6.45, 7) is 4.07. The molecule has 0 bridgehead atoms. The van der Waals surface area contributed by atoms with Crippen molar-refractivity contribution in [2.45, 2.75) is 19.2 Å². The highest BCUT2D eigenvalue weighted by molar-refractivity contribution is 7.13. The molecule has 0 saturated carbocycles. The van der Waals surface area contributed by atoms with Gasteiger partial charge in [-0.05, 0) is 12.1 Å². The Kier molecular flexibility index (Phi) is 4.18. The fourth-order valence-corrected chi connectivity index (χ4v) is 3.47. The fourth-order valence-electron chi connectivity index (χ4n) is 2.69. The van der Waals surface area contributed by atoms with Gasteiger partial charge in [0.05, 0.1) is 31.2 Å². The van der Waals surface area contributed by atoms with Gasteiger partial charge in [-0.25, -0.2) is 9.97 Å². The largest absolute Gasteiger partial charge is 0.462 e. The molecule has 7 nitrogen and oxygen atoms in total. The summed E-state index contributed by atoms with van der Waals surface area (Å²) < 4.78 is 13.0. The molecule has 1 atom stereocenters. The molecule has 0 aromatic carbocycles. The van der Waals surface area contributed by atoms with Gasteiger partial charge in [0.2, 0.25) is 0 Å². The van der Waals surface area contributed by atoms with Crippen LogP contribution in [0.1, 0.15) is 5.69 Å². The third-order valence-electron chi connectivity index (χ3n) is 3.75. The molecule has 1 aliphatic heterocycles. The Morgan fingerprint density at radius 3 is 3.22 bits per heavy atom. The van der Waals surface area contributed by atoms with Crippen molar-refractivity contribution >= 4 is 11.3 Å². The molecule has 3 aromatic rings. The summed E-state index contributed by atoms with van der Waals surface area (Å²) in [5.41, 5.74) is 1.07. The number of nitrogens with zero attached hydrogens (tertiary/aromatic N) is 5. The maximum absolute atomic E-state index is 5.82. The maximum Gasteiger partial charge on any atom is 0.162 e. The van der Waals surface area contributed by atoms with Crippen LogP contribution < -0.4 is 0 Å². The number of rotatable bonds is 5. The van der Waals surface area contributed by atoms with Crippen LogP contribution in [0.15, 0.2) is 40.8 Å². The molecule has 3 aromatic heterocycles. The summed E-state index contributed by atoms with van der Waals surface area (Å²) in [5.74, 6) is 0.826. The fraction of sp³-hybridized carbons (Fsp3) is 0.400. The number of furan rings is 1. The van der Waals surface area contributed by atoms with Gasteiger partial charge in [-0.3, -0.25) is 9.58 Å². The molecule has 4 rings (SSSR count). The summed E-state index contributed by atoms with van der Waals surface area (Å²) in [5, 5.41) is 7.16. The quantitative estimate of drug-likeness (QED) is 0.711. The van der Waals surface area contributed by atoms with Crippen molar-refractivity contribution in [1.82, 2.24) is 24.6 Å². The molecule has 8 heteroatoms. The van der Waals surface area contributed by atoms with Gasteiger partial charge in [0.15, 0.2) is 10.8 Å². The van der Waals surface area contributed by atoms with Crippen molar-refractivity contribution in [1.29, 1.82) is 0 Å². The van der Waals surface area contributed by atoms with Gasteiger partial charge in [0, 0.05) is 25.0 Å². The monoisotopic (exact) mass is 331 g/mol. The average Bonchev–Trinajstić information content (AvgIpc) is 3.30. The van der Waals surface area contributed by atoms with Crippen LogP contribution in [0, 0.1) is 0 Å². The number of thiazole rings is 1. The second-order valence-electron chi connectivity index (χ2n) is 5.47. The van der Waals surface area contributed by atoms with Crippen molar-refractivity contribution in [2.24, 2.45) is 0 Å². The molecular formula is C15H17N5O2S. The Hall–Kier alpha value is -2.03. The minimum atomic E-state index is 0.133. The number of morpholine rings is 1. The van der Waals surface area contributed by atoms with Crippen LogP contribution in [-0.2, 0) is 17.8 Å². The van der Waals surface area contributed by atoms with Crippen LogP contribution in [0.3, 0.4) is 0 Å². The molecule has 0 N–H and O–H groups in total. The SMILES string of the molecule is c1coc(-c2nc(CN3CCOC(Cn4cncn4)C3)cs2)c1. The van der Waals surface area contributed by atoms with E-state index in [-0.39, 0.29) is 6.10 Å². The third-order valence-corrected chi connectivity index (χ3v) is 4.66. The Balaban J connectivity index is 1.37. The summed E-state index contributed by atoms with van der Waals surface area (Å²) in [6, 6.07) is 3.82. The highest BCUT2D eigenvalue weighted by atomic mass is 32.1. The smallest absolute Gasteiger partial charge is 0.162 e. The normalized spacial score (nSPS) is 19.2. The molecule has 1 saturated heterocycles. The van der Waals surface area contributed by atoms with E-state index < -0.39 is 0 Å². The van der Waals surface area contributed by atoms with Gasteiger partial charge in [-0.2, -0.15) is 5.10 Å². The Bertz CT molecular complexity index is 725. The van der Waals surface area contributed by atoms with Crippen molar-refractivity contribution < 1.29 is 9.15 Å². The molecule has 0 radical (unpaired) electrons. The van der Waals surface area contributed by atoms with E-state index in [1.165, 1.54) is 0 Å². The average molecular weight is 331 g/mol. The van der Waals surface area contributed by atoms with Crippen molar-refractivity contribution in [3.8, 4) is 10.8 Å². The molecule has 0 spiro atoms. The predicted octanol–water partition coefficient (Wildman–Crippen LogP) is 1.90. The summed E-state index contributed by atoms with van der Waals surface area (Å²) in [7, 11) is 0. The van der Waals surface area contributed by atoms with Crippen LogP contribution in [-0.4, -0.2) is 50.4 Å². The molecule has 4 heterocycles. The highest BCUT2D eigenvalue weighted by Gasteiger charge is 2.22. The lowest BCUT2D eigenvalue weighted by Gasteiger charge is -2.32. The van der Waals surface area contributed by atoms with Gasteiger partial charge in [0.25, 0.3) is 0 Å². The Labute approximate surface area is 137 Å². The molecule has 0 aliphatic carbocycles. The lowest BCUT2D eigenvalue weighted by molar-refractivity contribution is -0.0405. The van der Waals surface area contributed by atoms with Gasteiger partial charge in [0.1, 0.15) is 12.7 Å². The predicted molar refractivity (Wildman–Crippen MR) is 84.9 cm³/mol. The van der Waals surface area contributed by atoms with Gasteiger partial charge >= 0.3 is 0 Å². The number of hydrogen-bond donors (Lipinski definition) is 0. The first kappa shape index (κ1) is 14.6. The zero-order chi connectivity index (χ0) is 15.5. The van der Waals surface area contributed by atoms with Crippen LogP contribution in [0.25, 0.3) is 10.8 Å². The minimum Gasteiger partial charge on any atom is -0.462 e. The Morgan fingerprint density at radius 1 is 1.39 bits per heavy atom. The van der Waals surface area contributed by atoms with E-state index >= 15 is 0 Å². The summed E-state index contributed by atoms with van der Waals surface area (Å²) in [6.07, 6.45) is 5.07. The van der Waals surface area contributed by atoms with Crippen molar-refractivity contribution in [3.05, 3.63) is 42.1 Å². The molecule has 1 aliphatic rings. The summed E-state index contributed by atoms with van der Waals surface area (Å²) >= 11 is 1.62.